The van der Waals surface area contributed by atoms with Gasteiger partial charge < -0.3 is 14.6 Å². The zero-order valence-electron chi connectivity index (χ0n) is 11.7. The molecule has 1 aromatic rings. The molecule has 0 spiro atoms. The Morgan fingerprint density at radius 3 is 3.00 bits per heavy atom. The summed E-state index contributed by atoms with van der Waals surface area (Å²) in [6.45, 7) is 3.61. The van der Waals surface area contributed by atoms with Crippen molar-refractivity contribution in [1.29, 1.82) is 0 Å². The van der Waals surface area contributed by atoms with E-state index >= 15 is 0 Å². The largest absolute Gasteiger partial charge is 0.375 e. The first kappa shape index (κ1) is 15.3. The van der Waals surface area contributed by atoms with Gasteiger partial charge in [0.1, 0.15) is 6.61 Å². The summed E-state index contributed by atoms with van der Waals surface area (Å²) < 4.78 is 34.0. The fraction of sp³-hybridized carbons (Fsp3) is 0.846. The molecular weight excluding hydrogens is 268 g/mol. The Morgan fingerprint density at radius 2 is 2.35 bits per heavy atom. The van der Waals surface area contributed by atoms with Crippen molar-refractivity contribution in [1.82, 2.24) is 15.5 Å². The summed E-state index contributed by atoms with van der Waals surface area (Å²) in [5.41, 5.74) is -0.0900. The van der Waals surface area contributed by atoms with Crippen LogP contribution in [0.2, 0.25) is 0 Å². The summed E-state index contributed by atoms with van der Waals surface area (Å²) in [5, 5.41) is 7.28. The Morgan fingerprint density at radius 1 is 1.50 bits per heavy atom. The second-order valence-electron chi connectivity index (χ2n) is 5.15. The topological polar surface area (TPSA) is 60.2 Å². The SMILES string of the molecule is CCC1(c2nc(CCOCC(F)F)no2)CCCNC1. The lowest BCUT2D eigenvalue weighted by Gasteiger charge is -2.33. The number of nitrogens with one attached hydrogen (secondary N) is 1. The monoisotopic (exact) mass is 289 g/mol. The average Bonchev–Trinajstić information content (AvgIpc) is 2.93. The van der Waals surface area contributed by atoms with Crippen molar-refractivity contribution in [3.05, 3.63) is 11.7 Å². The Balaban J connectivity index is 1.90. The highest BCUT2D eigenvalue weighted by atomic mass is 19.3. The summed E-state index contributed by atoms with van der Waals surface area (Å²) in [4.78, 5) is 4.41. The molecule has 1 N–H and O–H groups in total. The van der Waals surface area contributed by atoms with Crippen LogP contribution in [-0.4, -0.2) is 42.9 Å². The van der Waals surface area contributed by atoms with Gasteiger partial charge in [0.25, 0.3) is 6.43 Å². The predicted molar refractivity (Wildman–Crippen MR) is 68.9 cm³/mol. The number of piperidine rings is 1. The van der Waals surface area contributed by atoms with E-state index in [1.807, 2.05) is 0 Å². The molecule has 1 aliphatic heterocycles. The van der Waals surface area contributed by atoms with E-state index in [1.54, 1.807) is 0 Å². The quantitative estimate of drug-likeness (QED) is 0.777. The van der Waals surface area contributed by atoms with Gasteiger partial charge in [-0.1, -0.05) is 12.1 Å². The molecule has 1 fully saturated rings. The number of ether oxygens (including phenoxy) is 1. The van der Waals surface area contributed by atoms with Crippen molar-refractivity contribution < 1.29 is 18.0 Å². The molecule has 0 aromatic carbocycles. The highest BCUT2D eigenvalue weighted by Gasteiger charge is 2.37. The Labute approximate surface area is 117 Å². The minimum Gasteiger partial charge on any atom is -0.375 e. The van der Waals surface area contributed by atoms with Gasteiger partial charge in [0.2, 0.25) is 5.89 Å². The van der Waals surface area contributed by atoms with E-state index in [-0.39, 0.29) is 12.0 Å². The van der Waals surface area contributed by atoms with Crippen molar-refractivity contribution in [2.24, 2.45) is 0 Å². The Bertz CT molecular complexity index is 406. The molecule has 114 valence electrons. The maximum atomic E-state index is 11.9. The van der Waals surface area contributed by atoms with E-state index in [9.17, 15) is 8.78 Å². The van der Waals surface area contributed by atoms with Gasteiger partial charge in [-0.15, -0.1) is 0 Å². The molecule has 0 radical (unpaired) electrons. The summed E-state index contributed by atoms with van der Waals surface area (Å²) in [6, 6.07) is 0. The Hall–Kier alpha value is -1.08. The number of hydrogen-bond acceptors (Lipinski definition) is 5. The van der Waals surface area contributed by atoms with Crippen LogP contribution in [0.5, 0.6) is 0 Å². The van der Waals surface area contributed by atoms with Gasteiger partial charge >= 0.3 is 0 Å². The van der Waals surface area contributed by atoms with Crippen LogP contribution in [0.1, 0.15) is 37.9 Å². The van der Waals surface area contributed by atoms with Crippen molar-refractivity contribution in [2.75, 3.05) is 26.3 Å². The summed E-state index contributed by atoms with van der Waals surface area (Å²) in [7, 11) is 0. The molecule has 2 heterocycles. The van der Waals surface area contributed by atoms with Gasteiger partial charge in [0.15, 0.2) is 5.82 Å². The first-order valence-corrected chi connectivity index (χ1v) is 7.06. The van der Waals surface area contributed by atoms with Gasteiger partial charge in [-0.25, -0.2) is 8.78 Å². The van der Waals surface area contributed by atoms with Crippen LogP contribution in [0.3, 0.4) is 0 Å². The maximum Gasteiger partial charge on any atom is 0.261 e. The van der Waals surface area contributed by atoms with Crippen molar-refractivity contribution in [2.45, 2.75) is 44.4 Å². The molecule has 1 aromatic heterocycles. The Kier molecular flexibility index (Phi) is 5.42. The molecule has 1 unspecified atom stereocenters. The van der Waals surface area contributed by atoms with E-state index in [0.717, 1.165) is 32.4 Å². The lowest BCUT2D eigenvalue weighted by molar-refractivity contribution is 0.0182. The van der Waals surface area contributed by atoms with Crippen molar-refractivity contribution in [3.63, 3.8) is 0 Å². The van der Waals surface area contributed by atoms with Gasteiger partial charge in [0, 0.05) is 13.0 Å². The van der Waals surface area contributed by atoms with E-state index < -0.39 is 13.0 Å². The number of nitrogens with zero attached hydrogens (tertiary/aromatic N) is 2. The van der Waals surface area contributed by atoms with E-state index in [1.165, 1.54) is 0 Å². The lowest BCUT2D eigenvalue weighted by Crippen LogP contribution is -2.43. The standard InChI is InChI=1S/C13H21F2N3O2/c1-2-13(5-3-6-16-9-13)12-17-11(18-20-12)4-7-19-8-10(14)15/h10,16H,2-9H2,1H3. The average molecular weight is 289 g/mol. The number of alkyl halides is 2. The summed E-state index contributed by atoms with van der Waals surface area (Å²) in [6.07, 6.45) is 1.00. The molecule has 1 aliphatic rings. The summed E-state index contributed by atoms with van der Waals surface area (Å²) >= 11 is 0. The molecule has 7 heteroatoms. The van der Waals surface area contributed by atoms with Crippen molar-refractivity contribution >= 4 is 0 Å². The van der Waals surface area contributed by atoms with Crippen LogP contribution in [0.4, 0.5) is 8.78 Å². The molecule has 0 amide bonds. The molecule has 0 bridgehead atoms. The minimum atomic E-state index is -2.44. The van der Waals surface area contributed by atoms with Gasteiger partial charge in [0.05, 0.1) is 12.0 Å². The predicted octanol–water partition coefficient (Wildman–Crippen LogP) is 1.93. The van der Waals surface area contributed by atoms with Crippen LogP contribution in [-0.2, 0) is 16.6 Å². The summed E-state index contributed by atoms with van der Waals surface area (Å²) in [5.74, 6) is 1.17. The third-order valence-electron chi connectivity index (χ3n) is 3.78. The van der Waals surface area contributed by atoms with E-state index in [2.05, 4.69) is 22.4 Å². The van der Waals surface area contributed by atoms with Gasteiger partial charge in [-0.05, 0) is 25.8 Å². The fourth-order valence-corrected chi connectivity index (χ4v) is 2.51. The highest BCUT2D eigenvalue weighted by Crippen LogP contribution is 2.33. The van der Waals surface area contributed by atoms with E-state index in [4.69, 9.17) is 9.26 Å². The van der Waals surface area contributed by atoms with Crippen LogP contribution in [0.15, 0.2) is 4.52 Å². The maximum absolute atomic E-state index is 11.9. The molecule has 0 saturated carbocycles. The zero-order chi connectivity index (χ0) is 14.4. The van der Waals surface area contributed by atoms with Crippen LogP contribution in [0, 0.1) is 0 Å². The second kappa shape index (κ2) is 7.08. The second-order valence-corrected chi connectivity index (χ2v) is 5.15. The lowest BCUT2D eigenvalue weighted by atomic mass is 9.78. The number of halogens is 2. The zero-order valence-corrected chi connectivity index (χ0v) is 11.7. The molecule has 2 rings (SSSR count). The van der Waals surface area contributed by atoms with Crippen LogP contribution >= 0.6 is 0 Å². The van der Waals surface area contributed by atoms with Crippen LogP contribution < -0.4 is 5.32 Å². The molecule has 5 nitrogen and oxygen atoms in total. The molecular formula is C13H21F2N3O2. The molecule has 20 heavy (non-hydrogen) atoms. The molecule has 1 saturated heterocycles. The van der Waals surface area contributed by atoms with Crippen molar-refractivity contribution in [3.8, 4) is 0 Å². The third kappa shape index (κ3) is 3.73. The number of rotatable bonds is 7. The van der Waals surface area contributed by atoms with Crippen LogP contribution in [0.25, 0.3) is 0 Å². The normalized spacial score (nSPS) is 23.4. The third-order valence-corrected chi connectivity index (χ3v) is 3.78. The molecule has 0 aliphatic carbocycles. The van der Waals surface area contributed by atoms with Gasteiger partial charge in [-0.3, -0.25) is 0 Å². The van der Waals surface area contributed by atoms with Gasteiger partial charge in [-0.2, -0.15) is 4.98 Å². The first-order valence-electron chi connectivity index (χ1n) is 7.06. The minimum absolute atomic E-state index is 0.0900. The first-order chi connectivity index (χ1) is 9.66. The highest BCUT2D eigenvalue weighted by molar-refractivity contribution is 5.08. The van der Waals surface area contributed by atoms with E-state index in [0.29, 0.717) is 18.1 Å². The smallest absolute Gasteiger partial charge is 0.261 e. The fourth-order valence-electron chi connectivity index (χ4n) is 2.51. The number of hydrogen-bond donors (Lipinski definition) is 1. The molecule has 1 atom stereocenters. The number of aromatic nitrogens is 2.